The number of aromatic nitrogens is 3. The molecule has 1 fully saturated rings. The van der Waals surface area contributed by atoms with Gasteiger partial charge in [0, 0.05) is 24.5 Å². The zero-order valence-corrected chi connectivity index (χ0v) is 13.8. The van der Waals surface area contributed by atoms with Crippen LogP contribution in [0, 0.1) is 0 Å². The summed E-state index contributed by atoms with van der Waals surface area (Å²) in [7, 11) is -3.32. The molecule has 0 radical (unpaired) electrons. The maximum Gasteiger partial charge on any atom is 0.337 e. The number of carboxylic acid groups (broad SMARTS) is 1. The van der Waals surface area contributed by atoms with Crippen molar-refractivity contribution in [2.45, 2.75) is 18.9 Å². The van der Waals surface area contributed by atoms with Crippen LogP contribution >= 0.6 is 0 Å². The zero-order valence-electron chi connectivity index (χ0n) is 13.0. The van der Waals surface area contributed by atoms with Crippen LogP contribution in [0.15, 0.2) is 30.9 Å². The quantitative estimate of drug-likeness (QED) is 0.886. The molecule has 8 nitrogen and oxygen atoms in total. The third kappa shape index (κ3) is 3.26. The first-order valence-corrected chi connectivity index (χ1v) is 9.18. The molecule has 0 aliphatic carbocycles. The Morgan fingerprint density at radius 1 is 1.25 bits per heavy atom. The van der Waals surface area contributed by atoms with E-state index in [0.717, 1.165) is 6.42 Å². The highest BCUT2D eigenvalue weighted by Gasteiger charge is 2.33. The van der Waals surface area contributed by atoms with Gasteiger partial charge in [-0.1, -0.05) is 0 Å². The van der Waals surface area contributed by atoms with Gasteiger partial charge in [-0.3, -0.25) is 9.97 Å². The Balaban J connectivity index is 1.98. The van der Waals surface area contributed by atoms with Gasteiger partial charge in [0.15, 0.2) is 0 Å². The highest BCUT2D eigenvalue weighted by molar-refractivity contribution is 7.88. The number of rotatable bonds is 4. The van der Waals surface area contributed by atoms with Gasteiger partial charge in [-0.2, -0.15) is 4.31 Å². The van der Waals surface area contributed by atoms with E-state index >= 15 is 0 Å². The summed E-state index contributed by atoms with van der Waals surface area (Å²) in [6.07, 6.45) is 8.44. The van der Waals surface area contributed by atoms with Crippen LogP contribution in [0.1, 0.15) is 34.9 Å². The van der Waals surface area contributed by atoms with Gasteiger partial charge in [0.25, 0.3) is 0 Å². The van der Waals surface area contributed by atoms with Crippen molar-refractivity contribution < 1.29 is 18.3 Å². The zero-order chi connectivity index (χ0) is 17.3. The molecule has 0 unspecified atom stereocenters. The lowest BCUT2D eigenvalue weighted by atomic mass is 10.1. The molecule has 1 aliphatic heterocycles. The van der Waals surface area contributed by atoms with Crippen LogP contribution in [0.2, 0.25) is 0 Å². The van der Waals surface area contributed by atoms with Gasteiger partial charge in [-0.15, -0.1) is 0 Å². The number of carboxylic acids is 1. The van der Waals surface area contributed by atoms with Crippen LogP contribution in [-0.2, 0) is 10.0 Å². The molecule has 1 saturated heterocycles. The fraction of sp³-hybridized carbons (Fsp3) is 0.333. The SMILES string of the molecule is CS(=O)(=O)N1CCC[C@H]1c1cncc(-c2cncc(C(=O)O)c2)n1. The first kappa shape index (κ1) is 16.5. The van der Waals surface area contributed by atoms with E-state index in [9.17, 15) is 13.2 Å². The van der Waals surface area contributed by atoms with Gasteiger partial charge >= 0.3 is 5.97 Å². The van der Waals surface area contributed by atoms with E-state index in [1.807, 2.05) is 0 Å². The Morgan fingerprint density at radius 2 is 2.00 bits per heavy atom. The lowest BCUT2D eigenvalue weighted by Gasteiger charge is -2.21. The molecule has 2 aromatic heterocycles. The summed E-state index contributed by atoms with van der Waals surface area (Å²) in [6.45, 7) is 0.464. The first-order chi connectivity index (χ1) is 11.4. The normalized spacial score (nSPS) is 18.6. The molecule has 3 heterocycles. The molecule has 2 aromatic rings. The molecular formula is C15H16N4O4S. The number of nitrogens with zero attached hydrogens (tertiary/aromatic N) is 4. The average molecular weight is 348 g/mol. The van der Waals surface area contributed by atoms with Crippen LogP contribution < -0.4 is 0 Å². The van der Waals surface area contributed by atoms with Crippen molar-refractivity contribution in [2.75, 3.05) is 12.8 Å². The predicted octanol–water partition coefficient (Wildman–Crippen LogP) is 1.33. The van der Waals surface area contributed by atoms with Gasteiger partial charge in [0.2, 0.25) is 10.0 Å². The van der Waals surface area contributed by atoms with Crippen molar-refractivity contribution in [2.24, 2.45) is 0 Å². The Bertz CT molecular complexity index is 885. The molecule has 0 spiro atoms. The molecule has 1 N–H and O–H groups in total. The monoisotopic (exact) mass is 348 g/mol. The van der Waals surface area contributed by atoms with E-state index in [0.29, 0.717) is 29.9 Å². The number of pyridine rings is 1. The smallest absolute Gasteiger partial charge is 0.337 e. The molecule has 0 amide bonds. The molecule has 9 heteroatoms. The fourth-order valence-corrected chi connectivity index (χ4v) is 3.95. The van der Waals surface area contributed by atoms with E-state index < -0.39 is 16.0 Å². The van der Waals surface area contributed by atoms with Gasteiger partial charge in [-0.05, 0) is 18.9 Å². The first-order valence-electron chi connectivity index (χ1n) is 7.34. The lowest BCUT2D eigenvalue weighted by molar-refractivity contribution is 0.0696. The van der Waals surface area contributed by atoms with E-state index in [2.05, 4.69) is 15.0 Å². The fourth-order valence-electron chi connectivity index (χ4n) is 2.81. The summed E-state index contributed by atoms with van der Waals surface area (Å²) in [5.41, 5.74) is 1.59. The molecule has 24 heavy (non-hydrogen) atoms. The Labute approximate surface area is 139 Å². The van der Waals surface area contributed by atoms with E-state index in [4.69, 9.17) is 5.11 Å². The molecule has 1 aliphatic rings. The summed E-state index contributed by atoms with van der Waals surface area (Å²) in [5.74, 6) is -1.08. The number of hydrogen-bond acceptors (Lipinski definition) is 6. The summed E-state index contributed by atoms with van der Waals surface area (Å²) in [6, 6.07) is 1.12. The minimum Gasteiger partial charge on any atom is -0.478 e. The van der Waals surface area contributed by atoms with Crippen molar-refractivity contribution >= 4 is 16.0 Å². The standard InChI is InChI=1S/C15H16N4O4S/c1-24(22,23)19-4-2-3-14(19)13-9-17-8-12(18-13)10-5-11(15(20)21)7-16-6-10/h5-9,14H,2-4H2,1H3,(H,20,21)/t14-/m0/s1. The molecule has 0 saturated carbocycles. The molecule has 1 atom stereocenters. The Hall–Kier alpha value is -2.39. The topological polar surface area (TPSA) is 113 Å². The second-order valence-electron chi connectivity index (χ2n) is 5.63. The summed E-state index contributed by atoms with van der Waals surface area (Å²) >= 11 is 0. The van der Waals surface area contributed by atoms with Crippen LogP contribution in [0.3, 0.4) is 0 Å². The van der Waals surface area contributed by atoms with Gasteiger partial charge in [0.1, 0.15) is 0 Å². The molecule has 126 valence electrons. The number of hydrogen-bond donors (Lipinski definition) is 1. The van der Waals surface area contributed by atoms with Gasteiger partial charge in [0.05, 0.1) is 41.6 Å². The Morgan fingerprint density at radius 3 is 2.71 bits per heavy atom. The van der Waals surface area contributed by atoms with Crippen molar-refractivity contribution in [3.8, 4) is 11.3 Å². The molecular weight excluding hydrogens is 332 g/mol. The van der Waals surface area contributed by atoms with Crippen molar-refractivity contribution in [3.05, 3.63) is 42.1 Å². The third-order valence-corrected chi connectivity index (χ3v) is 5.19. The third-order valence-electron chi connectivity index (χ3n) is 3.91. The molecule has 0 aromatic carbocycles. The second kappa shape index (κ2) is 6.25. The number of aromatic carboxylic acids is 1. The van der Waals surface area contributed by atoms with E-state index in [-0.39, 0.29) is 11.6 Å². The maximum absolute atomic E-state index is 11.9. The minimum absolute atomic E-state index is 0.0540. The number of carbonyl (C=O) groups is 1. The lowest BCUT2D eigenvalue weighted by Crippen LogP contribution is -2.30. The summed E-state index contributed by atoms with van der Waals surface area (Å²) in [4.78, 5) is 23.6. The van der Waals surface area contributed by atoms with E-state index in [1.54, 1.807) is 6.20 Å². The molecule has 3 rings (SSSR count). The van der Waals surface area contributed by atoms with Gasteiger partial charge in [-0.25, -0.2) is 18.2 Å². The highest BCUT2D eigenvalue weighted by atomic mass is 32.2. The summed E-state index contributed by atoms with van der Waals surface area (Å²) < 4.78 is 25.2. The number of sulfonamides is 1. The van der Waals surface area contributed by atoms with Crippen molar-refractivity contribution in [1.82, 2.24) is 19.3 Å². The predicted molar refractivity (Wildman–Crippen MR) is 85.7 cm³/mol. The highest BCUT2D eigenvalue weighted by Crippen LogP contribution is 2.33. The van der Waals surface area contributed by atoms with Gasteiger partial charge < -0.3 is 5.11 Å². The van der Waals surface area contributed by atoms with E-state index in [1.165, 1.54) is 35.2 Å². The molecule has 0 bridgehead atoms. The van der Waals surface area contributed by atoms with Crippen LogP contribution in [-0.4, -0.2) is 51.6 Å². The largest absolute Gasteiger partial charge is 0.478 e. The van der Waals surface area contributed by atoms with Crippen molar-refractivity contribution in [3.63, 3.8) is 0 Å². The Kier molecular flexibility index (Phi) is 4.29. The van der Waals surface area contributed by atoms with Crippen LogP contribution in [0.25, 0.3) is 11.3 Å². The summed E-state index contributed by atoms with van der Waals surface area (Å²) in [5, 5.41) is 9.06. The second-order valence-corrected chi connectivity index (χ2v) is 7.56. The average Bonchev–Trinajstić information content (AvgIpc) is 3.05. The maximum atomic E-state index is 11.9. The van der Waals surface area contributed by atoms with Crippen LogP contribution in [0.4, 0.5) is 0 Å². The van der Waals surface area contributed by atoms with Crippen LogP contribution in [0.5, 0.6) is 0 Å². The van der Waals surface area contributed by atoms with Crippen molar-refractivity contribution in [1.29, 1.82) is 0 Å². The minimum atomic E-state index is -3.32.